The van der Waals surface area contributed by atoms with Crippen LogP contribution in [-0.2, 0) is 6.42 Å². The Morgan fingerprint density at radius 2 is 2.25 bits per heavy atom. The first-order valence-corrected chi connectivity index (χ1v) is 5.33. The van der Waals surface area contributed by atoms with Crippen molar-refractivity contribution in [3.63, 3.8) is 0 Å². The zero-order valence-electron chi connectivity index (χ0n) is 9.35. The molecular weight excluding hydrogens is 226 g/mol. The molecule has 0 radical (unpaired) electrons. The normalized spacial score (nSPS) is 20.6. The van der Waals surface area contributed by atoms with Crippen molar-refractivity contribution < 1.29 is 9.84 Å². The average Bonchev–Trinajstić information content (AvgIpc) is 2.27. The van der Waals surface area contributed by atoms with E-state index in [4.69, 9.17) is 10.5 Å². The molecule has 0 amide bonds. The molecule has 1 aliphatic carbocycles. The highest BCUT2D eigenvalue weighted by molar-refractivity contribution is 5.85. The number of rotatable bonds is 2. The van der Waals surface area contributed by atoms with Crippen molar-refractivity contribution in [1.29, 1.82) is 0 Å². The molecule has 1 aromatic rings. The Balaban J connectivity index is 0.00000128. The maximum atomic E-state index is 9.52. The van der Waals surface area contributed by atoms with Gasteiger partial charge in [0, 0.05) is 5.92 Å². The third-order valence-corrected chi connectivity index (χ3v) is 3.14. The number of hydrogen-bond acceptors (Lipinski definition) is 3. The van der Waals surface area contributed by atoms with Gasteiger partial charge in [0.15, 0.2) is 0 Å². The largest absolute Gasteiger partial charge is 0.496 e. The lowest BCUT2D eigenvalue weighted by Gasteiger charge is -2.28. The van der Waals surface area contributed by atoms with Gasteiger partial charge in [0.2, 0.25) is 0 Å². The highest BCUT2D eigenvalue weighted by atomic mass is 35.5. The summed E-state index contributed by atoms with van der Waals surface area (Å²) in [5.41, 5.74) is 7.95. The molecule has 0 bridgehead atoms. The third-order valence-electron chi connectivity index (χ3n) is 3.14. The quantitative estimate of drug-likeness (QED) is 0.779. The van der Waals surface area contributed by atoms with Crippen molar-refractivity contribution in [1.82, 2.24) is 0 Å². The van der Waals surface area contributed by atoms with Gasteiger partial charge in [-0.15, -0.1) is 12.4 Å². The zero-order chi connectivity index (χ0) is 10.8. The first-order chi connectivity index (χ1) is 7.24. The standard InChI is InChI=1S/C12H17NO2.ClH/c1-15-11-7-3-4-8-9(11)5-2-6-10(8)12(13)14;/h3-4,7,10,12,14H,2,5-6,13H2,1H3;1H. The molecular formula is C12H18ClNO2. The Bertz CT molecular complexity index is 355. The van der Waals surface area contributed by atoms with Gasteiger partial charge in [-0.25, -0.2) is 0 Å². The summed E-state index contributed by atoms with van der Waals surface area (Å²) in [5, 5.41) is 9.52. The molecule has 2 rings (SSSR count). The second kappa shape index (κ2) is 5.53. The minimum absolute atomic E-state index is 0. The van der Waals surface area contributed by atoms with E-state index in [2.05, 4.69) is 0 Å². The van der Waals surface area contributed by atoms with Crippen molar-refractivity contribution in [2.24, 2.45) is 5.73 Å². The van der Waals surface area contributed by atoms with E-state index in [1.165, 1.54) is 5.56 Å². The zero-order valence-corrected chi connectivity index (χ0v) is 10.2. The minimum atomic E-state index is -0.767. The summed E-state index contributed by atoms with van der Waals surface area (Å²) in [4.78, 5) is 0. The van der Waals surface area contributed by atoms with E-state index in [1.807, 2.05) is 18.2 Å². The van der Waals surface area contributed by atoms with E-state index in [0.29, 0.717) is 0 Å². The molecule has 3 N–H and O–H groups in total. The first kappa shape index (κ1) is 13.3. The summed E-state index contributed by atoms with van der Waals surface area (Å²) < 4.78 is 5.32. The lowest BCUT2D eigenvalue weighted by atomic mass is 9.81. The van der Waals surface area contributed by atoms with E-state index >= 15 is 0 Å². The Morgan fingerprint density at radius 3 is 2.88 bits per heavy atom. The van der Waals surface area contributed by atoms with Crippen molar-refractivity contribution >= 4 is 12.4 Å². The smallest absolute Gasteiger partial charge is 0.122 e. The SMILES string of the molecule is COc1cccc2c1CCCC2C(N)O.Cl. The average molecular weight is 244 g/mol. The lowest BCUT2D eigenvalue weighted by molar-refractivity contribution is 0.141. The molecule has 4 heteroatoms. The fourth-order valence-corrected chi connectivity index (χ4v) is 2.40. The van der Waals surface area contributed by atoms with E-state index in [-0.39, 0.29) is 18.3 Å². The van der Waals surface area contributed by atoms with Crippen LogP contribution in [0.25, 0.3) is 0 Å². The second-order valence-corrected chi connectivity index (χ2v) is 4.02. The Morgan fingerprint density at radius 1 is 1.50 bits per heavy atom. The fraction of sp³-hybridized carbons (Fsp3) is 0.500. The second-order valence-electron chi connectivity index (χ2n) is 4.02. The number of hydrogen-bond donors (Lipinski definition) is 2. The van der Waals surface area contributed by atoms with Crippen LogP contribution in [0.15, 0.2) is 18.2 Å². The summed E-state index contributed by atoms with van der Waals surface area (Å²) in [6.07, 6.45) is 2.27. The topological polar surface area (TPSA) is 55.5 Å². The van der Waals surface area contributed by atoms with Crippen LogP contribution in [0.2, 0.25) is 0 Å². The van der Waals surface area contributed by atoms with Crippen molar-refractivity contribution in [2.45, 2.75) is 31.4 Å². The van der Waals surface area contributed by atoms with E-state index in [0.717, 1.165) is 30.6 Å². The van der Waals surface area contributed by atoms with E-state index in [9.17, 15) is 5.11 Å². The predicted octanol–water partition coefficient (Wildman–Crippen LogP) is 1.81. The van der Waals surface area contributed by atoms with Crippen molar-refractivity contribution in [3.8, 4) is 5.75 Å². The summed E-state index contributed by atoms with van der Waals surface area (Å²) in [6.45, 7) is 0. The highest BCUT2D eigenvalue weighted by Crippen LogP contribution is 2.37. The number of methoxy groups -OCH3 is 1. The Kier molecular flexibility index (Phi) is 4.59. The van der Waals surface area contributed by atoms with Crippen LogP contribution in [-0.4, -0.2) is 18.4 Å². The van der Waals surface area contributed by atoms with Gasteiger partial charge < -0.3 is 15.6 Å². The van der Waals surface area contributed by atoms with Gasteiger partial charge in [-0.05, 0) is 36.5 Å². The molecule has 0 fully saturated rings. The molecule has 2 unspecified atom stereocenters. The van der Waals surface area contributed by atoms with Crippen LogP contribution in [0.4, 0.5) is 0 Å². The van der Waals surface area contributed by atoms with Crippen LogP contribution < -0.4 is 10.5 Å². The Hall–Kier alpha value is -0.770. The molecule has 16 heavy (non-hydrogen) atoms. The molecule has 0 heterocycles. The molecule has 0 spiro atoms. The minimum Gasteiger partial charge on any atom is -0.496 e. The van der Waals surface area contributed by atoms with E-state index < -0.39 is 6.23 Å². The van der Waals surface area contributed by atoms with Gasteiger partial charge in [0.25, 0.3) is 0 Å². The predicted molar refractivity (Wildman–Crippen MR) is 66.1 cm³/mol. The molecule has 1 aromatic carbocycles. The molecule has 1 aliphatic rings. The van der Waals surface area contributed by atoms with E-state index in [1.54, 1.807) is 7.11 Å². The maximum Gasteiger partial charge on any atom is 0.122 e. The number of ether oxygens (including phenoxy) is 1. The molecule has 0 aromatic heterocycles. The highest BCUT2D eigenvalue weighted by Gasteiger charge is 2.26. The molecule has 0 saturated heterocycles. The summed E-state index contributed by atoms with van der Waals surface area (Å²) >= 11 is 0. The van der Waals surface area contributed by atoms with Crippen molar-refractivity contribution in [3.05, 3.63) is 29.3 Å². The summed E-state index contributed by atoms with van der Waals surface area (Å²) in [6, 6.07) is 5.96. The van der Waals surface area contributed by atoms with Gasteiger partial charge in [-0.2, -0.15) is 0 Å². The molecule has 90 valence electrons. The summed E-state index contributed by atoms with van der Waals surface area (Å²) in [5.74, 6) is 0.974. The third kappa shape index (κ3) is 2.32. The number of aliphatic hydroxyl groups is 1. The monoisotopic (exact) mass is 243 g/mol. The van der Waals surface area contributed by atoms with Crippen LogP contribution in [0.3, 0.4) is 0 Å². The number of aliphatic hydroxyl groups excluding tert-OH is 1. The van der Waals surface area contributed by atoms with Gasteiger partial charge in [-0.1, -0.05) is 12.1 Å². The van der Waals surface area contributed by atoms with Crippen LogP contribution in [0, 0.1) is 0 Å². The number of fused-ring (bicyclic) bond motifs is 1. The Labute approximate surface area is 102 Å². The van der Waals surface area contributed by atoms with Crippen LogP contribution in [0.5, 0.6) is 5.75 Å². The van der Waals surface area contributed by atoms with Crippen molar-refractivity contribution in [2.75, 3.05) is 7.11 Å². The molecule has 0 aliphatic heterocycles. The van der Waals surface area contributed by atoms with Gasteiger partial charge in [-0.3, -0.25) is 0 Å². The molecule has 2 atom stereocenters. The first-order valence-electron chi connectivity index (χ1n) is 5.33. The summed E-state index contributed by atoms with van der Waals surface area (Å²) in [7, 11) is 1.68. The number of halogens is 1. The molecule has 0 saturated carbocycles. The maximum absolute atomic E-state index is 9.52. The fourth-order valence-electron chi connectivity index (χ4n) is 2.40. The van der Waals surface area contributed by atoms with Crippen LogP contribution >= 0.6 is 12.4 Å². The molecule has 3 nitrogen and oxygen atoms in total. The van der Waals surface area contributed by atoms with Gasteiger partial charge in [0.1, 0.15) is 12.0 Å². The van der Waals surface area contributed by atoms with Crippen LogP contribution in [0.1, 0.15) is 29.9 Å². The number of nitrogens with two attached hydrogens (primary N) is 1. The van der Waals surface area contributed by atoms with Gasteiger partial charge >= 0.3 is 0 Å². The lowest BCUT2D eigenvalue weighted by Crippen LogP contribution is -2.30. The number of benzene rings is 1. The van der Waals surface area contributed by atoms with Gasteiger partial charge in [0.05, 0.1) is 7.11 Å².